The Kier molecular flexibility index (Phi) is 10.2. The molecule has 1 aliphatic heterocycles. The van der Waals surface area contributed by atoms with Crippen molar-refractivity contribution in [2.45, 2.75) is 111 Å². The minimum atomic E-state index is -0.592. The van der Waals surface area contributed by atoms with E-state index in [0.29, 0.717) is 0 Å². The van der Waals surface area contributed by atoms with Crippen LogP contribution in [0.2, 0.25) is 0 Å². The Balaban J connectivity index is 1.35. The van der Waals surface area contributed by atoms with E-state index in [0.717, 1.165) is 33.9 Å². The lowest BCUT2D eigenvalue weighted by Crippen LogP contribution is -2.57. The highest BCUT2D eigenvalue weighted by molar-refractivity contribution is 6.15. The lowest BCUT2D eigenvalue weighted by atomic mass is 9.67. The van der Waals surface area contributed by atoms with Crippen molar-refractivity contribution in [2.24, 2.45) is 4.99 Å². The van der Waals surface area contributed by atoms with Gasteiger partial charge in [-0.25, -0.2) is 0 Å². The molecule has 0 aliphatic carbocycles. The average molecular weight is 827 g/mol. The molecule has 4 heteroatoms. The summed E-state index contributed by atoms with van der Waals surface area (Å²) in [6.07, 6.45) is 1.97. The third-order valence-corrected chi connectivity index (χ3v) is 14.1. The number of aromatic nitrogens is 2. The monoisotopic (exact) mass is 826 g/mol. The highest BCUT2D eigenvalue weighted by atomic mass is 15.3. The highest BCUT2D eigenvalue weighted by Crippen LogP contribution is 2.53. The summed E-state index contributed by atoms with van der Waals surface area (Å²) >= 11 is 0. The van der Waals surface area contributed by atoms with Gasteiger partial charge in [-0.2, -0.15) is 0 Å². The molecule has 2 aromatic heterocycles. The fourth-order valence-corrected chi connectivity index (χ4v) is 10.2. The zero-order valence-electron chi connectivity index (χ0n) is 39.3. The second-order valence-corrected chi connectivity index (χ2v) is 20.7. The van der Waals surface area contributed by atoms with Crippen LogP contribution in [0.3, 0.4) is 0 Å². The Bertz CT molecular complexity index is 2990. The van der Waals surface area contributed by atoms with Crippen LogP contribution in [0.5, 0.6) is 0 Å². The number of rotatable bonds is 7. The summed E-state index contributed by atoms with van der Waals surface area (Å²) < 4.78 is 2.49. The van der Waals surface area contributed by atoms with Gasteiger partial charge in [0.15, 0.2) is 0 Å². The third kappa shape index (κ3) is 7.08. The second kappa shape index (κ2) is 15.2. The first-order valence-electron chi connectivity index (χ1n) is 22.6. The van der Waals surface area contributed by atoms with E-state index in [-0.39, 0.29) is 16.7 Å². The van der Waals surface area contributed by atoms with Crippen molar-refractivity contribution in [3.63, 3.8) is 0 Å². The van der Waals surface area contributed by atoms with Crippen LogP contribution in [-0.2, 0) is 10.8 Å². The average Bonchev–Trinajstić information content (AvgIpc) is 3.67. The molecule has 0 radical (unpaired) electrons. The molecule has 9 rings (SSSR count). The van der Waals surface area contributed by atoms with Gasteiger partial charge in [0.2, 0.25) is 0 Å². The predicted molar refractivity (Wildman–Crippen MR) is 268 cm³/mol. The zero-order valence-corrected chi connectivity index (χ0v) is 39.3. The summed E-state index contributed by atoms with van der Waals surface area (Å²) in [7, 11) is 0. The normalized spacial score (nSPS) is 16.7. The van der Waals surface area contributed by atoms with Gasteiger partial charge in [0.1, 0.15) is 5.84 Å². The molecular weight excluding hydrogens is 765 g/mol. The lowest BCUT2D eigenvalue weighted by molar-refractivity contribution is 0.279. The summed E-state index contributed by atoms with van der Waals surface area (Å²) in [5.41, 5.74) is 15.5. The van der Waals surface area contributed by atoms with Gasteiger partial charge in [-0.05, 0) is 140 Å². The first-order valence-corrected chi connectivity index (χ1v) is 22.6. The van der Waals surface area contributed by atoms with E-state index in [2.05, 4.69) is 238 Å². The van der Waals surface area contributed by atoms with Gasteiger partial charge in [0.05, 0.1) is 27.8 Å². The fourth-order valence-electron chi connectivity index (χ4n) is 10.2. The molecule has 318 valence electrons. The first-order chi connectivity index (χ1) is 29.9. The van der Waals surface area contributed by atoms with Gasteiger partial charge >= 0.3 is 0 Å². The maximum Gasteiger partial charge on any atom is 0.136 e. The van der Waals surface area contributed by atoms with Crippen LogP contribution in [0.25, 0.3) is 38.8 Å². The van der Waals surface area contributed by atoms with Crippen molar-refractivity contribution in [3.05, 3.63) is 196 Å². The number of pyridine rings is 1. The smallest absolute Gasteiger partial charge is 0.136 e. The number of aryl methyl sites for hydroxylation is 3. The van der Waals surface area contributed by atoms with E-state index < -0.39 is 11.1 Å². The molecule has 0 spiro atoms. The molecular formula is C59H62N4. The molecule has 6 aromatic carbocycles. The van der Waals surface area contributed by atoms with E-state index in [4.69, 9.17) is 9.98 Å². The van der Waals surface area contributed by atoms with Gasteiger partial charge in [-0.3, -0.25) is 9.98 Å². The van der Waals surface area contributed by atoms with Crippen molar-refractivity contribution in [1.29, 1.82) is 0 Å². The number of nitrogens with zero attached hydrogens (tertiary/aromatic N) is 4. The maximum atomic E-state index is 6.12. The number of hydrogen-bond acceptors (Lipinski definition) is 3. The van der Waals surface area contributed by atoms with Gasteiger partial charge in [-0.1, -0.05) is 139 Å². The summed E-state index contributed by atoms with van der Waals surface area (Å²) in [6, 6.07) is 53.9. The maximum absolute atomic E-state index is 6.12. The van der Waals surface area contributed by atoms with E-state index in [1.54, 1.807) is 0 Å². The van der Waals surface area contributed by atoms with Crippen LogP contribution in [0.1, 0.15) is 113 Å². The summed E-state index contributed by atoms with van der Waals surface area (Å²) in [5, 5.41) is 2.47. The molecule has 0 unspecified atom stereocenters. The Morgan fingerprint density at radius 3 is 1.76 bits per heavy atom. The number of hydrogen-bond donors (Lipinski definition) is 0. The van der Waals surface area contributed by atoms with Crippen molar-refractivity contribution in [2.75, 3.05) is 4.90 Å². The third-order valence-electron chi connectivity index (χ3n) is 14.1. The Morgan fingerprint density at radius 2 is 1.14 bits per heavy atom. The van der Waals surface area contributed by atoms with Crippen LogP contribution in [0.15, 0.2) is 157 Å². The molecule has 0 saturated heterocycles. The van der Waals surface area contributed by atoms with Crippen molar-refractivity contribution in [3.8, 4) is 16.9 Å². The summed E-state index contributed by atoms with van der Waals surface area (Å²) in [6.45, 7) is 27.7. The first kappa shape index (κ1) is 42.1. The van der Waals surface area contributed by atoms with Crippen LogP contribution in [0, 0.1) is 20.8 Å². The van der Waals surface area contributed by atoms with Gasteiger partial charge in [0.25, 0.3) is 0 Å². The molecule has 0 bridgehead atoms. The highest BCUT2D eigenvalue weighted by Gasteiger charge is 2.57. The van der Waals surface area contributed by atoms with Crippen molar-refractivity contribution < 1.29 is 0 Å². The van der Waals surface area contributed by atoms with Crippen LogP contribution >= 0.6 is 0 Å². The van der Waals surface area contributed by atoms with E-state index in [1.807, 2.05) is 6.20 Å². The minimum Gasteiger partial charge on any atom is -0.318 e. The number of benzene rings is 6. The number of fused-ring (bicyclic) bond motifs is 3. The van der Waals surface area contributed by atoms with E-state index in [1.165, 1.54) is 60.9 Å². The van der Waals surface area contributed by atoms with Crippen molar-refractivity contribution >= 4 is 33.3 Å². The standard InChI is InChI=1S/C59H62N4/c1-38-22-21-23-39(2)54(38)63-55(61-59(12,58(63,10)11)53(41-24-15-13-16-25-41)42-26-17-14-18-27-42)43-33-45(57(7,8)9)35-46(34-43)62-51-29-20-19-28-47(51)49-32-40(3)48(37-52(49)62)50-36-44(30-31-60-50)56(4,5)6/h13-37,53H,1-12H3/t59-/m1/s1. The number of amidine groups is 1. The number of aliphatic imine (C=N–C) groups is 1. The largest absolute Gasteiger partial charge is 0.318 e. The van der Waals surface area contributed by atoms with Crippen LogP contribution < -0.4 is 4.90 Å². The molecule has 8 aromatic rings. The van der Waals surface area contributed by atoms with E-state index in [9.17, 15) is 0 Å². The van der Waals surface area contributed by atoms with Crippen LogP contribution in [0.4, 0.5) is 5.69 Å². The molecule has 63 heavy (non-hydrogen) atoms. The topological polar surface area (TPSA) is 33.4 Å². The number of anilines is 1. The molecule has 4 nitrogen and oxygen atoms in total. The Hall–Kier alpha value is -6.26. The molecule has 0 N–H and O–H groups in total. The summed E-state index contributed by atoms with van der Waals surface area (Å²) in [4.78, 5) is 13.7. The molecule has 0 saturated carbocycles. The van der Waals surface area contributed by atoms with Gasteiger partial charge in [-0.15, -0.1) is 0 Å². The second-order valence-electron chi connectivity index (χ2n) is 20.7. The number of para-hydroxylation sites is 2. The zero-order chi connectivity index (χ0) is 44.6. The van der Waals surface area contributed by atoms with Gasteiger partial charge < -0.3 is 9.47 Å². The predicted octanol–water partition coefficient (Wildman–Crippen LogP) is 15.0. The molecule has 3 heterocycles. The lowest BCUT2D eigenvalue weighted by Gasteiger charge is -2.48. The van der Waals surface area contributed by atoms with Gasteiger partial charge in [0, 0.05) is 45.4 Å². The SMILES string of the molecule is Cc1cc2c3ccccc3n(-c3cc(C4=N[C@](C)(C(c5ccccc5)c5ccccc5)C(C)(C)N4c4c(C)cccc4C)cc(C(C)(C)C)c3)c2cc1-c1cc(C(C)(C)C)ccn1. The van der Waals surface area contributed by atoms with Crippen molar-refractivity contribution in [1.82, 2.24) is 9.55 Å². The summed E-state index contributed by atoms with van der Waals surface area (Å²) in [5.74, 6) is 0.971. The molecule has 1 atom stereocenters. The Morgan fingerprint density at radius 1 is 0.540 bits per heavy atom. The molecule has 1 aliphatic rings. The fraction of sp³-hybridized carbons (Fsp3) is 0.288. The van der Waals surface area contributed by atoms with E-state index >= 15 is 0 Å². The minimum absolute atomic E-state index is 0.00884. The Labute approximate surface area is 375 Å². The molecule has 0 fully saturated rings. The quantitative estimate of drug-likeness (QED) is 0.160. The molecule has 0 amide bonds. The van der Waals surface area contributed by atoms with Crippen LogP contribution in [-0.4, -0.2) is 26.5 Å².